The topological polar surface area (TPSA) is 27.7 Å². The molecule has 2 fully saturated rings. The van der Waals surface area contributed by atoms with E-state index in [4.69, 9.17) is 4.74 Å². The summed E-state index contributed by atoms with van der Waals surface area (Å²) in [5.74, 6) is 0.990. The molecule has 0 amide bonds. The monoisotopic (exact) mass is 275 g/mol. The van der Waals surface area contributed by atoms with Gasteiger partial charge in [-0.3, -0.25) is 9.80 Å². The fourth-order valence-electron chi connectivity index (χ4n) is 3.00. The third kappa shape index (κ3) is 3.51. The molecule has 3 rings (SSSR count). The van der Waals surface area contributed by atoms with Crippen molar-refractivity contribution < 1.29 is 4.74 Å². The quantitative estimate of drug-likeness (QED) is 0.866. The number of piperazine rings is 1. The van der Waals surface area contributed by atoms with Gasteiger partial charge in [-0.25, -0.2) is 0 Å². The number of nitrogens with zero attached hydrogens (tertiary/aromatic N) is 2. The molecule has 2 heterocycles. The van der Waals surface area contributed by atoms with Crippen LogP contribution in [0.15, 0.2) is 24.3 Å². The summed E-state index contributed by atoms with van der Waals surface area (Å²) >= 11 is 0. The van der Waals surface area contributed by atoms with Crippen molar-refractivity contribution >= 4 is 0 Å². The van der Waals surface area contributed by atoms with Crippen LogP contribution in [-0.4, -0.2) is 68.3 Å². The second kappa shape index (κ2) is 6.57. The largest absolute Gasteiger partial charge is 0.492 e. The van der Waals surface area contributed by atoms with Gasteiger partial charge in [0.15, 0.2) is 0 Å². The van der Waals surface area contributed by atoms with Crippen LogP contribution in [0, 0.1) is 6.92 Å². The van der Waals surface area contributed by atoms with Crippen molar-refractivity contribution in [1.82, 2.24) is 15.1 Å². The maximum Gasteiger partial charge on any atom is 0.119 e. The van der Waals surface area contributed by atoms with E-state index < -0.39 is 0 Å². The summed E-state index contributed by atoms with van der Waals surface area (Å²) in [5.41, 5.74) is 1.25. The molecule has 0 atom stereocenters. The molecule has 0 aromatic heterocycles. The van der Waals surface area contributed by atoms with Crippen LogP contribution in [0.2, 0.25) is 0 Å². The van der Waals surface area contributed by atoms with Crippen LogP contribution in [0.4, 0.5) is 0 Å². The molecule has 2 saturated heterocycles. The van der Waals surface area contributed by atoms with E-state index in [1.807, 2.05) is 6.07 Å². The van der Waals surface area contributed by atoms with Crippen molar-refractivity contribution in [2.75, 3.05) is 52.4 Å². The maximum atomic E-state index is 5.81. The Labute approximate surface area is 121 Å². The SMILES string of the molecule is Cc1cccc(OCCN2CC(N3CCNCC3)C2)c1. The predicted molar refractivity (Wildman–Crippen MR) is 81.3 cm³/mol. The predicted octanol–water partition coefficient (Wildman–Crippen LogP) is 0.963. The van der Waals surface area contributed by atoms with E-state index in [9.17, 15) is 0 Å². The summed E-state index contributed by atoms with van der Waals surface area (Å²) in [6.07, 6.45) is 0. The summed E-state index contributed by atoms with van der Waals surface area (Å²) in [7, 11) is 0. The van der Waals surface area contributed by atoms with E-state index in [0.717, 1.165) is 38.0 Å². The van der Waals surface area contributed by atoms with E-state index in [-0.39, 0.29) is 0 Å². The summed E-state index contributed by atoms with van der Waals surface area (Å²) in [6.45, 7) is 11.0. The van der Waals surface area contributed by atoms with E-state index in [1.54, 1.807) is 0 Å². The standard InChI is InChI=1S/C16H25N3O/c1-14-3-2-4-16(11-14)20-10-9-18-12-15(13-18)19-7-5-17-6-8-19/h2-4,11,15,17H,5-10,12-13H2,1H3. The highest BCUT2D eigenvalue weighted by atomic mass is 16.5. The summed E-state index contributed by atoms with van der Waals surface area (Å²) in [5, 5.41) is 3.41. The van der Waals surface area contributed by atoms with Crippen molar-refractivity contribution in [1.29, 1.82) is 0 Å². The Balaban J connectivity index is 1.33. The first-order valence-electron chi connectivity index (χ1n) is 7.68. The third-order valence-electron chi connectivity index (χ3n) is 4.27. The van der Waals surface area contributed by atoms with E-state index in [0.29, 0.717) is 0 Å². The molecule has 1 aromatic carbocycles. The first-order chi connectivity index (χ1) is 9.81. The zero-order chi connectivity index (χ0) is 13.8. The van der Waals surface area contributed by atoms with Gasteiger partial charge >= 0.3 is 0 Å². The molecule has 4 nitrogen and oxygen atoms in total. The average Bonchev–Trinajstić information content (AvgIpc) is 2.42. The van der Waals surface area contributed by atoms with E-state index in [2.05, 4.69) is 40.2 Å². The highest BCUT2D eigenvalue weighted by Gasteiger charge is 2.31. The Bertz CT molecular complexity index is 425. The minimum Gasteiger partial charge on any atom is -0.492 e. The minimum atomic E-state index is 0.774. The molecule has 4 heteroatoms. The molecule has 110 valence electrons. The second-order valence-corrected chi connectivity index (χ2v) is 5.86. The van der Waals surface area contributed by atoms with Crippen LogP contribution in [0.1, 0.15) is 5.56 Å². The zero-order valence-corrected chi connectivity index (χ0v) is 12.3. The van der Waals surface area contributed by atoms with E-state index in [1.165, 1.54) is 31.7 Å². The number of nitrogens with one attached hydrogen (secondary N) is 1. The minimum absolute atomic E-state index is 0.774. The molecular formula is C16H25N3O. The number of benzene rings is 1. The van der Waals surface area contributed by atoms with Gasteiger partial charge in [0.2, 0.25) is 0 Å². The molecule has 0 spiro atoms. The Kier molecular flexibility index (Phi) is 4.55. The van der Waals surface area contributed by atoms with Gasteiger partial charge in [-0.2, -0.15) is 0 Å². The second-order valence-electron chi connectivity index (χ2n) is 5.86. The van der Waals surface area contributed by atoms with Gasteiger partial charge in [0, 0.05) is 51.9 Å². The molecule has 0 radical (unpaired) electrons. The Hall–Kier alpha value is -1.10. The molecule has 0 unspecified atom stereocenters. The lowest BCUT2D eigenvalue weighted by Crippen LogP contribution is -2.63. The summed E-state index contributed by atoms with van der Waals surface area (Å²) in [6, 6.07) is 9.05. The van der Waals surface area contributed by atoms with Crippen molar-refractivity contribution in [2.24, 2.45) is 0 Å². The number of ether oxygens (including phenoxy) is 1. The highest BCUT2D eigenvalue weighted by Crippen LogP contribution is 2.16. The Morgan fingerprint density at radius 2 is 2.05 bits per heavy atom. The Morgan fingerprint density at radius 3 is 2.80 bits per heavy atom. The number of rotatable bonds is 5. The lowest BCUT2D eigenvalue weighted by Gasteiger charge is -2.46. The Morgan fingerprint density at radius 1 is 1.25 bits per heavy atom. The van der Waals surface area contributed by atoms with Crippen LogP contribution in [0.5, 0.6) is 5.75 Å². The third-order valence-corrected chi connectivity index (χ3v) is 4.27. The van der Waals surface area contributed by atoms with Crippen molar-refractivity contribution in [2.45, 2.75) is 13.0 Å². The lowest BCUT2D eigenvalue weighted by atomic mass is 10.1. The number of hydrogen-bond donors (Lipinski definition) is 1. The first kappa shape index (κ1) is 13.9. The maximum absolute atomic E-state index is 5.81. The zero-order valence-electron chi connectivity index (χ0n) is 12.3. The fourth-order valence-corrected chi connectivity index (χ4v) is 3.00. The van der Waals surface area contributed by atoms with Crippen LogP contribution < -0.4 is 10.1 Å². The fraction of sp³-hybridized carbons (Fsp3) is 0.625. The molecular weight excluding hydrogens is 250 g/mol. The van der Waals surface area contributed by atoms with Crippen LogP contribution in [-0.2, 0) is 0 Å². The molecule has 20 heavy (non-hydrogen) atoms. The van der Waals surface area contributed by atoms with Gasteiger partial charge < -0.3 is 10.1 Å². The first-order valence-corrected chi connectivity index (χ1v) is 7.68. The van der Waals surface area contributed by atoms with Crippen molar-refractivity contribution in [3.05, 3.63) is 29.8 Å². The van der Waals surface area contributed by atoms with Crippen LogP contribution in [0.3, 0.4) is 0 Å². The van der Waals surface area contributed by atoms with Crippen LogP contribution in [0.25, 0.3) is 0 Å². The van der Waals surface area contributed by atoms with Crippen LogP contribution >= 0.6 is 0 Å². The molecule has 0 saturated carbocycles. The van der Waals surface area contributed by atoms with Gasteiger partial charge in [-0.15, -0.1) is 0 Å². The van der Waals surface area contributed by atoms with Gasteiger partial charge in [0.25, 0.3) is 0 Å². The number of likely N-dealkylation sites (tertiary alicyclic amines) is 1. The highest BCUT2D eigenvalue weighted by molar-refractivity contribution is 5.27. The van der Waals surface area contributed by atoms with Gasteiger partial charge in [0.1, 0.15) is 12.4 Å². The van der Waals surface area contributed by atoms with Gasteiger partial charge in [-0.05, 0) is 24.6 Å². The molecule has 1 N–H and O–H groups in total. The average molecular weight is 275 g/mol. The van der Waals surface area contributed by atoms with Gasteiger partial charge in [0.05, 0.1) is 0 Å². The van der Waals surface area contributed by atoms with Crippen molar-refractivity contribution in [3.8, 4) is 5.75 Å². The van der Waals surface area contributed by atoms with E-state index >= 15 is 0 Å². The molecule has 0 aliphatic carbocycles. The molecule has 2 aliphatic rings. The molecule has 1 aromatic rings. The summed E-state index contributed by atoms with van der Waals surface area (Å²) < 4.78 is 5.81. The summed E-state index contributed by atoms with van der Waals surface area (Å²) in [4.78, 5) is 5.11. The number of hydrogen-bond acceptors (Lipinski definition) is 4. The number of aryl methyl sites for hydroxylation is 1. The van der Waals surface area contributed by atoms with Crippen molar-refractivity contribution in [3.63, 3.8) is 0 Å². The smallest absolute Gasteiger partial charge is 0.119 e. The normalized spacial score (nSPS) is 21.6. The van der Waals surface area contributed by atoms with Gasteiger partial charge in [-0.1, -0.05) is 12.1 Å². The lowest BCUT2D eigenvalue weighted by molar-refractivity contribution is 0.0202. The molecule has 0 bridgehead atoms. The molecule has 2 aliphatic heterocycles.